The van der Waals surface area contributed by atoms with Gasteiger partial charge in [-0.3, -0.25) is 0 Å². The molecule has 2 heterocycles. The van der Waals surface area contributed by atoms with Gasteiger partial charge in [-0.2, -0.15) is 4.72 Å². The first kappa shape index (κ1) is 13.5. The van der Waals surface area contributed by atoms with Crippen LogP contribution in [0.2, 0.25) is 4.34 Å². The molecule has 0 bridgehead atoms. The average Bonchev–Trinajstić information content (AvgIpc) is 2.96. The Morgan fingerprint density at radius 1 is 1.56 bits per heavy atom. The molecule has 2 aromatic heterocycles. The van der Waals surface area contributed by atoms with E-state index in [1.54, 1.807) is 18.5 Å². The van der Waals surface area contributed by atoms with Crippen molar-refractivity contribution in [1.29, 1.82) is 0 Å². The van der Waals surface area contributed by atoms with E-state index in [4.69, 9.17) is 11.6 Å². The van der Waals surface area contributed by atoms with Crippen molar-refractivity contribution in [2.75, 3.05) is 0 Å². The Bertz CT molecular complexity index is 607. The molecule has 98 valence electrons. The summed E-state index contributed by atoms with van der Waals surface area (Å²) in [4.78, 5) is 6.97. The largest absolute Gasteiger partial charge is 0.347 e. The van der Waals surface area contributed by atoms with Crippen LogP contribution in [0.4, 0.5) is 0 Å². The summed E-state index contributed by atoms with van der Waals surface area (Å²) in [5.74, 6) is 0.601. The van der Waals surface area contributed by atoms with Gasteiger partial charge in [0, 0.05) is 12.4 Å². The summed E-state index contributed by atoms with van der Waals surface area (Å²) in [6.07, 6.45) is 3.86. The zero-order valence-corrected chi connectivity index (χ0v) is 11.9. The van der Waals surface area contributed by atoms with E-state index in [0.29, 0.717) is 16.6 Å². The van der Waals surface area contributed by atoms with E-state index < -0.39 is 10.0 Å². The second kappa shape index (κ2) is 5.40. The Hall–Kier alpha value is -0.890. The molecule has 0 aliphatic rings. The van der Waals surface area contributed by atoms with E-state index in [2.05, 4.69) is 14.7 Å². The number of nitrogens with one attached hydrogen (secondary N) is 2. The number of sulfonamides is 1. The van der Waals surface area contributed by atoms with Crippen molar-refractivity contribution in [2.24, 2.45) is 0 Å². The van der Waals surface area contributed by atoms with Gasteiger partial charge in [0.05, 0.1) is 10.4 Å². The maximum absolute atomic E-state index is 12.1. The first-order valence-electron chi connectivity index (χ1n) is 5.30. The van der Waals surface area contributed by atoms with Crippen LogP contribution in [0.3, 0.4) is 0 Å². The lowest BCUT2D eigenvalue weighted by Crippen LogP contribution is -2.28. The van der Waals surface area contributed by atoms with Crippen LogP contribution < -0.4 is 4.72 Å². The second-order valence-electron chi connectivity index (χ2n) is 3.62. The van der Waals surface area contributed by atoms with Crippen molar-refractivity contribution < 1.29 is 8.42 Å². The van der Waals surface area contributed by atoms with Gasteiger partial charge in [0.2, 0.25) is 0 Å². The van der Waals surface area contributed by atoms with Gasteiger partial charge in [-0.25, -0.2) is 13.4 Å². The highest BCUT2D eigenvalue weighted by Crippen LogP contribution is 2.26. The molecule has 0 aromatic carbocycles. The fourth-order valence-electron chi connectivity index (χ4n) is 1.49. The van der Waals surface area contributed by atoms with E-state index in [1.807, 2.05) is 6.92 Å². The van der Waals surface area contributed by atoms with Crippen LogP contribution in [0.1, 0.15) is 25.2 Å². The van der Waals surface area contributed by atoms with Crippen LogP contribution in [-0.4, -0.2) is 18.4 Å². The van der Waals surface area contributed by atoms with Crippen molar-refractivity contribution in [3.8, 4) is 0 Å². The molecule has 0 amide bonds. The number of nitrogens with zero attached hydrogens (tertiary/aromatic N) is 1. The molecule has 0 radical (unpaired) electrons. The number of thiophene rings is 1. The lowest BCUT2D eigenvalue weighted by atomic mass is 10.2. The van der Waals surface area contributed by atoms with Crippen LogP contribution in [-0.2, 0) is 10.0 Å². The van der Waals surface area contributed by atoms with E-state index in [-0.39, 0.29) is 10.3 Å². The van der Waals surface area contributed by atoms with Crippen LogP contribution in [0.15, 0.2) is 28.7 Å². The van der Waals surface area contributed by atoms with Gasteiger partial charge in [-0.05, 0) is 18.6 Å². The predicted molar refractivity (Wildman–Crippen MR) is 71.3 cm³/mol. The molecule has 2 N–H and O–H groups in total. The van der Waals surface area contributed by atoms with Crippen molar-refractivity contribution in [2.45, 2.75) is 23.6 Å². The third-order valence-corrected chi connectivity index (χ3v) is 5.56. The number of imidazole rings is 1. The number of hydrogen-bond acceptors (Lipinski definition) is 4. The minimum Gasteiger partial charge on any atom is -0.347 e. The summed E-state index contributed by atoms with van der Waals surface area (Å²) in [7, 11) is -3.55. The van der Waals surface area contributed by atoms with Crippen molar-refractivity contribution in [3.05, 3.63) is 34.7 Å². The summed E-state index contributed by atoms with van der Waals surface area (Å²) in [6, 6.07) is 2.68. The Kier molecular flexibility index (Phi) is 4.06. The van der Waals surface area contributed by atoms with Gasteiger partial charge in [-0.1, -0.05) is 18.5 Å². The van der Waals surface area contributed by atoms with Gasteiger partial charge >= 0.3 is 0 Å². The maximum atomic E-state index is 12.1. The van der Waals surface area contributed by atoms with Gasteiger partial charge in [0.25, 0.3) is 10.0 Å². The van der Waals surface area contributed by atoms with Gasteiger partial charge in [-0.15, -0.1) is 11.3 Å². The van der Waals surface area contributed by atoms with Crippen molar-refractivity contribution in [3.63, 3.8) is 0 Å². The number of H-pyrrole nitrogens is 1. The standard InChI is InChI=1S/C10H12ClN3O2S2/c1-2-7(10-12-5-6-13-10)14-18(15,16)9-4-3-8(11)17-9/h3-7,14H,2H2,1H3,(H,12,13). The molecule has 0 saturated carbocycles. The molecule has 18 heavy (non-hydrogen) atoms. The topological polar surface area (TPSA) is 74.8 Å². The lowest BCUT2D eigenvalue weighted by molar-refractivity contribution is 0.541. The number of aromatic nitrogens is 2. The van der Waals surface area contributed by atoms with Crippen LogP contribution in [0.25, 0.3) is 0 Å². The number of halogens is 1. The quantitative estimate of drug-likeness (QED) is 0.891. The third kappa shape index (κ3) is 2.92. The smallest absolute Gasteiger partial charge is 0.250 e. The third-order valence-electron chi connectivity index (χ3n) is 2.37. The molecule has 0 spiro atoms. The molecular weight excluding hydrogens is 294 g/mol. The highest BCUT2D eigenvalue weighted by atomic mass is 35.5. The first-order valence-corrected chi connectivity index (χ1v) is 7.97. The fourth-order valence-corrected chi connectivity index (χ4v) is 4.27. The first-order chi connectivity index (χ1) is 8.53. The predicted octanol–water partition coefficient (Wildman–Crippen LogP) is 2.55. The zero-order chi connectivity index (χ0) is 13.2. The minimum atomic E-state index is -3.55. The zero-order valence-electron chi connectivity index (χ0n) is 9.55. The van der Waals surface area contributed by atoms with Gasteiger partial charge in [0.1, 0.15) is 10.0 Å². The summed E-state index contributed by atoms with van der Waals surface area (Å²) >= 11 is 6.77. The van der Waals surface area contributed by atoms with E-state index in [1.165, 1.54) is 6.07 Å². The monoisotopic (exact) mass is 305 g/mol. The van der Waals surface area contributed by atoms with Crippen LogP contribution >= 0.6 is 22.9 Å². The Labute approximate surface area is 114 Å². The number of hydrogen-bond donors (Lipinski definition) is 2. The van der Waals surface area contributed by atoms with Crippen LogP contribution in [0.5, 0.6) is 0 Å². The average molecular weight is 306 g/mol. The molecule has 0 fully saturated rings. The summed E-state index contributed by atoms with van der Waals surface area (Å²) in [6.45, 7) is 1.89. The molecule has 2 aromatic rings. The molecular formula is C10H12ClN3O2S2. The maximum Gasteiger partial charge on any atom is 0.250 e. The normalized spacial score (nSPS) is 13.7. The number of rotatable bonds is 5. The molecule has 8 heteroatoms. The van der Waals surface area contributed by atoms with E-state index in [0.717, 1.165) is 11.3 Å². The summed E-state index contributed by atoms with van der Waals surface area (Å²) in [5, 5.41) is 0. The van der Waals surface area contributed by atoms with E-state index >= 15 is 0 Å². The Morgan fingerprint density at radius 3 is 2.83 bits per heavy atom. The number of aromatic amines is 1. The SMILES string of the molecule is CCC(NS(=O)(=O)c1ccc(Cl)s1)c1ncc[nH]1. The molecule has 5 nitrogen and oxygen atoms in total. The van der Waals surface area contributed by atoms with Gasteiger partial charge < -0.3 is 4.98 Å². The summed E-state index contributed by atoms with van der Waals surface area (Å²) in [5.41, 5.74) is 0. The summed E-state index contributed by atoms with van der Waals surface area (Å²) < 4.78 is 27.5. The molecule has 1 unspecified atom stereocenters. The highest BCUT2D eigenvalue weighted by Gasteiger charge is 2.23. The molecule has 0 saturated heterocycles. The molecule has 1 atom stereocenters. The molecule has 2 rings (SSSR count). The highest BCUT2D eigenvalue weighted by molar-refractivity contribution is 7.91. The van der Waals surface area contributed by atoms with Crippen LogP contribution in [0, 0.1) is 0 Å². The Morgan fingerprint density at radius 2 is 2.33 bits per heavy atom. The Balaban J connectivity index is 2.22. The molecule has 0 aliphatic carbocycles. The van der Waals surface area contributed by atoms with Crippen molar-refractivity contribution in [1.82, 2.24) is 14.7 Å². The van der Waals surface area contributed by atoms with Gasteiger partial charge in [0.15, 0.2) is 0 Å². The fraction of sp³-hybridized carbons (Fsp3) is 0.300. The van der Waals surface area contributed by atoms with Crippen molar-refractivity contribution >= 4 is 33.0 Å². The van der Waals surface area contributed by atoms with E-state index in [9.17, 15) is 8.42 Å². The second-order valence-corrected chi connectivity index (χ2v) is 7.27. The lowest BCUT2D eigenvalue weighted by Gasteiger charge is -2.13. The molecule has 0 aliphatic heterocycles. The minimum absolute atomic E-state index is 0.206.